The van der Waals surface area contributed by atoms with Gasteiger partial charge >= 0.3 is 0 Å². The van der Waals surface area contributed by atoms with E-state index in [0.29, 0.717) is 0 Å². The Morgan fingerprint density at radius 3 is 2.76 bits per heavy atom. The highest BCUT2D eigenvalue weighted by molar-refractivity contribution is 5.84. The van der Waals surface area contributed by atoms with Crippen LogP contribution in [0.1, 0.15) is 18.5 Å². The van der Waals surface area contributed by atoms with Crippen LogP contribution in [0.5, 0.6) is 0 Å². The first-order valence-corrected chi connectivity index (χ1v) is 7.01. The summed E-state index contributed by atoms with van der Waals surface area (Å²) < 4.78 is 13.7. The van der Waals surface area contributed by atoms with Gasteiger partial charge in [-0.3, -0.25) is 4.98 Å². The second-order valence-electron chi connectivity index (χ2n) is 5.15. The van der Waals surface area contributed by atoms with Gasteiger partial charge in [0, 0.05) is 17.6 Å². The molecule has 0 aliphatic rings. The van der Waals surface area contributed by atoms with Crippen molar-refractivity contribution < 1.29 is 4.39 Å². The van der Waals surface area contributed by atoms with E-state index in [9.17, 15) is 4.39 Å². The highest BCUT2D eigenvalue weighted by Crippen LogP contribution is 2.30. The van der Waals surface area contributed by atoms with Crippen molar-refractivity contribution in [1.82, 2.24) is 10.3 Å². The number of hydrogen-bond donors (Lipinski definition) is 1. The van der Waals surface area contributed by atoms with E-state index in [2.05, 4.69) is 17.2 Å². The Morgan fingerprint density at radius 2 is 1.95 bits per heavy atom. The van der Waals surface area contributed by atoms with E-state index in [1.807, 2.05) is 43.4 Å². The van der Waals surface area contributed by atoms with Gasteiger partial charge in [-0.25, -0.2) is 4.39 Å². The summed E-state index contributed by atoms with van der Waals surface area (Å²) in [5, 5.41) is 4.29. The standard InChI is InChI=1S/C18H17FN2/c1-12(20-2)16-8-7-15(19)11-17(16)14-6-5-13-4-3-9-21-18(13)10-14/h3-12,20H,1-2H3. The molecule has 0 amide bonds. The fourth-order valence-corrected chi connectivity index (χ4v) is 2.55. The number of nitrogens with one attached hydrogen (secondary N) is 1. The smallest absolute Gasteiger partial charge is 0.123 e. The lowest BCUT2D eigenvalue weighted by Gasteiger charge is -2.16. The molecule has 0 fully saturated rings. The number of pyridine rings is 1. The summed E-state index contributed by atoms with van der Waals surface area (Å²) in [6.07, 6.45) is 1.77. The van der Waals surface area contributed by atoms with Crippen LogP contribution >= 0.6 is 0 Å². The molecule has 0 aliphatic heterocycles. The van der Waals surface area contributed by atoms with Crippen LogP contribution in [0.15, 0.2) is 54.7 Å². The summed E-state index contributed by atoms with van der Waals surface area (Å²) in [5.74, 6) is -0.224. The maximum Gasteiger partial charge on any atom is 0.123 e. The zero-order chi connectivity index (χ0) is 14.8. The molecular formula is C18H17FN2. The van der Waals surface area contributed by atoms with Gasteiger partial charge < -0.3 is 5.32 Å². The Bertz CT molecular complexity index is 783. The van der Waals surface area contributed by atoms with Crippen molar-refractivity contribution in [1.29, 1.82) is 0 Å². The molecular weight excluding hydrogens is 263 g/mol. The van der Waals surface area contributed by atoms with E-state index in [4.69, 9.17) is 0 Å². The molecule has 2 aromatic carbocycles. The van der Waals surface area contributed by atoms with Gasteiger partial charge in [-0.05, 0) is 54.9 Å². The lowest BCUT2D eigenvalue weighted by molar-refractivity contribution is 0.620. The lowest BCUT2D eigenvalue weighted by Crippen LogP contribution is -2.13. The minimum atomic E-state index is -0.224. The Balaban J connectivity index is 2.19. The average Bonchev–Trinajstić information content (AvgIpc) is 2.53. The topological polar surface area (TPSA) is 24.9 Å². The molecule has 1 atom stereocenters. The Hall–Kier alpha value is -2.26. The van der Waals surface area contributed by atoms with Gasteiger partial charge in [-0.2, -0.15) is 0 Å². The molecule has 3 heteroatoms. The van der Waals surface area contributed by atoms with Crippen LogP contribution in [0, 0.1) is 5.82 Å². The predicted octanol–water partition coefficient (Wildman–Crippen LogP) is 4.32. The summed E-state index contributed by atoms with van der Waals surface area (Å²) in [5.41, 5.74) is 3.89. The molecule has 1 unspecified atom stereocenters. The number of hydrogen-bond acceptors (Lipinski definition) is 2. The minimum absolute atomic E-state index is 0.153. The summed E-state index contributed by atoms with van der Waals surface area (Å²) in [4.78, 5) is 4.38. The molecule has 1 N–H and O–H groups in total. The molecule has 1 heterocycles. The summed E-state index contributed by atoms with van der Waals surface area (Å²) in [6.45, 7) is 2.07. The second kappa shape index (κ2) is 5.62. The molecule has 3 aromatic rings. The third-order valence-electron chi connectivity index (χ3n) is 3.83. The molecule has 0 aliphatic carbocycles. The number of halogens is 1. The van der Waals surface area contributed by atoms with Crippen molar-refractivity contribution in [2.75, 3.05) is 7.05 Å². The van der Waals surface area contributed by atoms with E-state index in [-0.39, 0.29) is 11.9 Å². The van der Waals surface area contributed by atoms with Gasteiger partial charge in [0.15, 0.2) is 0 Å². The fourth-order valence-electron chi connectivity index (χ4n) is 2.55. The first kappa shape index (κ1) is 13.7. The number of fused-ring (bicyclic) bond motifs is 1. The summed E-state index contributed by atoms with van der Waals surface area (Å²) in [7, 11) is 1.90. The van der Waals surface area contributed by atoms with Crippen molar-refractivity contribution in [3.8, 4) is 11.1 Å². The fraction of sp³-hybridized carbons (Fsp3) is 0.167. The lowest BCUT2D eigenvalue weighted by atomic mass is 9.94. The van der Waals surface area contributed by atoms with Crippen LogP contribution in [0.2, 0.25) is 0 Å². The van der Waals surface area contributed by atoms with Crippen molar-refractivity contribution in [2.45, 2.75) is 13.0 Å². The molecule has 106 valence electrons. The number of benzene rings is 2. The monoisotopic (exact) mass is 280 g/mol. The van der Waals surface area contributed by atoms with Gasteiger partial charge in [0.05, 0.1) is 5.52 Å². The maximum absolute atomic E-state index is 13.7. The van der Waals surface area contributed by atoms with Gasteiger partial charge in [0.2, 0.25) is 0 Å². The van der Waals surface area contributed by atoms with E-state index in [1.54, 1.807) is 12.3 Å². The third kappa shape index (κ3) is 2.65. The van der Waals surface area contributed by atoms with E-state index >= 15 is 0 Å². The zero-order valence-electron chi connectivity index (χ0n) is 12.1. The van der Waals surface area contributed by atoms with E-state index < -0.39 is 0 Å². The van der Waals surface area contributed by atoms with Gasteiger partial charge in [-0.15, -0.1) is 0 Å². The van der Waals surface area contributed by atoms with Crippen LogP contribution in [0.3, 0.4) is 0 Å². The van der Waals surface area contributed by atoms with Gasteiger partial charge in [-0.1, -0.05) is 24.3 Å². The molecule has 21 heavy (non-hydrogen) atoms. The molecule has 3 rings (SSSR count). The van der Waals surface area contributed by atoms with E-state index in [1.165, 1.54) is 6.07 Å². The highest BCUT2D eigenvalue weighted by atomic mass is 19.1. The Kier molecular flexibility index (Phi) is 3.67. The third-order valence-corrected chi connectivity index (χ3v) is 3.83. The van der Waals surface area contributed by atoms with Crippen molar-refractivity contribution in [3.05, 3.63) is 66.1 Å². The quantitative estimate of drug-likeness (QED) is 0.772. The zero-order valence-corrected chi connectivity index (χ0v) is 12.1. The highest BCUT2D eigenvalue weighted by Gasteiger charge is 2.12. The number of nitrogens with zero attached hydrogens (tertiary/aromatic N) is 1. The molecule has 0 bridgehead atoms. The van der Waals surface area contributed by atoms with Gasteiger partial charge in [0.1, 0.15) is 5.82 Å². The number of aromatic nitrogens is 1. The second-order valence-corrected chi connectivity index (χ2v) is 5.15. The maximum atomic E-state index is 13.7. The van der Waals surface area contributed by atoms with Crippen molar-refractivity contribution in [2.24, 2.45) is 0 Å². The molecule has 0 saturated heterocycles. The van der Waals surface area contributed by atoms with Gasteiger partial charge in [0.25, 0.3) is 0 Å². The molecule has 0 radical (unpaired) electrons. The van der Waals surface area contributed by atoms with E-state index in [0.717, 1.165) is 27.6 Å². The van der Waals surface area contributed by atoms with Crippen LogP contribution in [0.25, 0.3) is 22.0 Å². The Labute approximate surface area is 123 Å². The Morgan fingerprint density at radius 1 is 1.10 bits per heavy atom. The SMILES string of the molecule is CNC(C)c1ccc(F)cc1-c1ccc2cccnc2c1. The summed E-state index contributed by atoms with van der Waals surface area (Å²) >= 11 is 0. The predicted molar refractivity (Wildman–Crippen MR) is 84.6 cm³/mol. The first-order valence-electron chi connectivity index (χ1n) is 7.01. The first-order chi connectivity index (χ1) is 10.2. The van der Waals surface area contributed by atoms with Crippen LogP contribution in [0.4, 0.5) is 4.39 Å². The number of rotatable bonds is 3. The minimum Gasteiger partial charge on any atom is -0.313 e. The molecule has 1 aromatic heterocycles. The molecule has 2 nitrogen and oxygen atoms in total. The van der Waals surface area contributed by atoms with Crippen molar-refractivity contribution >= 4 is 10.9 Å². The van der Waals surface area contributed by atoms with Crippen LogP contribution in [-0.2, 0) is 0 Å². The molecule has 0 saturated carbocycles. The normalized spacial score (nSPS) is 12.5. The van der Waals surface area contributed by atoms with Crippen LogP contribution in [-0.4, -0.2) is 12.0 Å². The summed E-state index contributed by atoms with van der Waals surface area (Å²) in [6, 6.07) is 15.1. The average molecular weight is 280 g/mol. The largest absolute Gasteiger partial charge is 0.313 e. The van der Waals surface area contributed by atoms with Crippen LogP contribution < -0.4 is 5.32 Å². The molecule has 0 spiro atoms. The van der Waals surface area contributed by atoms with Crippen molar-refractivity contribution in [3.63, 3.8) is 0 Å².